The van der Waals surface area contributed by atoms with Crippen LogP contribution in [0.1, 0.15) is 28.3 Å². The van der Waals surface area contributed by atoms with Crippen LogP contribution in [0.4, 0.5) is 5.69 Å². The van der Waals surface area contributed by atoms with Gasteiger partial charge in [0.25, 0.3) is 0 Å². The smallest absolute Gasteiger partial charge is 0.305 e. The highest BCUT2D eigenvalue weighted by Gasteiger charge is 2.69. The van der Waals surface area contributed by atoms with Crippen LogP contribution in [0.3, 0.4) is 0 Å². The first-order chi connectivity index (χ1) is 20.9. The predicted molar refractivity (Wildman–Crippen MR) is 166 cm³/mol. The van der Waals surface area contributed by atoms with Gasteiger partial charge in [0.2, 0.25) is 11.8 Å². The number of ether oxygens (including phenoxy) is 2. The quantitative estimate of drug-likeness (QED) is 0.250. The monoisotopic (exact) mass is 630 g/mol. The van der Waals surface area contributed by atoms with Crippen molar-refractivity contribution in [3.8, 4) is 11.5 Å². The molecule has 2 aliphatic carbocycles. The number of nitrogens with zero attached hydrogens (tertiary/aromatic N) is 1. The van der Waals surface area contributed by atoms with E-state index >= 15 is 0 Å². The van der Waals surface area contributed by atoms with E-state index in [9.17, 15) is 14.4 Å². The molecule has 3 heterocycles. The number of aromatic nitrogens is 1. The minimum absolute atomic E-state index is 0.0376. The summed E-state index contributed by atoms with van der Waals surface area (Å²) in [5.41, 5.74) is 2.71. The van der Waals surface area contributed by atoms with E-state index in [0.29, 0.717) is 23.1 Å². The van der Waals surface area contributed by atoms with Crippen molar-refractivity contribution in [1.29, 1.82) is 0 Å². The van der Waals surface area contributed by atoms with Crippen molar-refractivity contribution < 1.29 is 19.1 Å². The number of rotatable bonds is 6. The molecule has 1 saturated heterocycles. The van der Waals surface area contributed by atoms with E-state index in [4.69, 9.17) is 21.1 Å². The molecule has 7 nitrogen and oxygen atoms in total. The van der Waals surface area contributed by atoms with Gasteiger partial charge in [-0.1, -0.05) is 47.2 Å². The number of H-pyrrole nitrogens is 1. The van der Waals surface area contributed by atoms with E-state index in [0.717, 1.165) is 33.2 Å². The predicted octanol–water partition coefficient (Wildman–Crippen LogP) is 6.36. The van der Waals surface area contributed by atoms with Gasteiger partial charge in [0.1, 0.15) is 18.1 Å². The third-order valence-corrected chi connectivity index (χ3v) is 12.5. The number of fused-ring (bicyclic) bond motifs is 9. The van der Waals surface area contributed by atoms with E-state index in [1.54, 1.807) is 43.1 Å². The molecule has 10 heteroatoms. The van der Waals surface area contributed by atoms with Gasteiger partial charge in [0, 0.05) is 21.1 Å². The second kappa shape index (κ2) is 10.3. The standard InChI is InChI=1S/C33H27ClN2O5S2/c1-40-20-12-8-19(9-13-20)36-31(37)26-22-14-23(27(26)32(36)38)28-25(22)24(29-30(42-28)35-33(39)43-29)17-4-10-21(11-5-17)41-15-16-2-6-18(34)7-3-16/h2-13,22-28H,14-15H2,1H3,(H,35,39)/t22-,23-,24?,25?,26?,27?,28?/m1/s1. The summed E-state index contributed by atoms with van der Waals surface area (Å²) in [6.45, 7) is 0.429. The van der Waals surface area contributed by atoms with Gasteiger partial charge in [-0.15, -0.1) is 11.8 Å². The molecule has 0 radical (unpaired) electrons. The highest BCUT2D eigenvalue weighted by Crippen LogP contribution is 2.68. The zero-order chi connectivity index (χ0) is 29.4. The lowest BCUT2D eigenvalue weighted by molar-refractivity contribution is -0.123. The summed E-state index contributed by atoms with van der Waals surface area (Å²) >= 11 is 8.96. The van der Waals surface area contributed by atoms with Crippen LogP contribution < -0.4 is 19.2 Å². The molecule has 7 atom stereocenters. The summed E-state index contributed by atoms with van der Waals surface area (Å²) in [6, 6.07) is 22.8. The number of thiazole rings is 1. The Morgan fingerprint density at radius 1 is 0.884 bits per heavy atom. The average molecular weight is 631 g/mol. The Kier molecular flexibility index (Phi) is 6.47. The van der Waals surface area contributed by atoms with Crippen molar-refractivity contribution in [3.63, 3.8) is 0 Å². The third kappa shape index (κ3) is 4.27. The number of benzene rings is 3. The number of anilines is 1. The van der Waals surface area contributed by atoms with E-state index < -0.39 is 0 Å². The number of imide groups is 1. The average Bonchev–Trinajstić information content (AvgIpc) is 3.76. The Morgan fingerprint density at radius 3 is 2.26 bits per heavy atom. The van der Waals surface area contributed by atoms with Crippen molar-refractivity contribution in [1.82, 2.24) is 4.98 Å². The van der Waals surface area contributed by atoms with Gasteiger partial charge in [-0.25, -0.2) is 0 Å². The molecule has 0 spiro atoms. The van der Waals surface area contributed by atoms with Gasteiger partial charge in [-0.2, -0.15) is 0 Å². The number of hydrogen-bond acceptors (Lipinski definition) is 7. The van der Waals surface area contributed by atoms with Crippen LogP contribution in [0.15, 0.2) is 82.6 Å². The van der Waals surface area contributed by atoms with Gasteiger partial charge in [0.15, 0.2) is 0 Å². The SMILES string of the molecule is COc1ccc(N2C(=O)C3C(C2=O)[C@@H]2C[C@H]3C3Sc4[nH]c(=O)sc4C(c4ccc(OCc5ccc(Cl)cc5)cc4)C32)cc1. The summed E-state index contributed by atoms with van der Waals surface area (Å²) in [4.78, 5) is 45.8. The first-order valence-corrected chi connectivity index (χ1v) is 16.4. The van der Waals surface area contributed by atoms with E-state index in [-0.39, 0.29) is 57.4 Å². The van der Waals surface area contributed by atoms with Gasteiger partial charge < -0.3 is 14.5 Å². The summed E-state index contributed by atoms with van der Waals surface area (Å²) in [6.07, 6.45) is 0.851. The Labute approximate surface area is 261 Å². The molecule has 43 heavy (non-hydrogen) atoms. The van der Waals surface area contributed by atoms with Crippen molar-refractivity contribution in [3.05, 3.63) is 103 Å². The Bertz CT molecular complexity index is 1790. The van der Waals surface area contributed by atoms with Crippen LogP contribution in [-0.2, 0) is 16.2 Å². The molecular formula is C33H27ClN2O5S2. The van der Waals surface area contributed by atoms with Gasteiger partial charge >= 0.3 is 4.87 Å². The number of hydrogen-bond donors (Lipinski definition) is 1. The number of nitrogens with one attached hydrogen (secondary N) is 1. The van der Waals surface area contributed by atoms with Crippen molar-refractivity contribution in [2.24, 2.45) is 29.6 Å². The molecule has 5 unspecified atom stereocenters. The van der Waals surface area contributed by atoms with Crippen LogP contribution in [0.5, 0.6) is 11.5 Å². The molecule has 4 aliphatic rings. The highest BCUT2D eigenvalue weighted by molar-refractivity contribution is 8.00. The molecule has 1 aromatic heterocycles. The second-order valence-corrected chi connectivity index (χ2v) is 14.3. The number of amides is 2. The summed E-state index contributed by atoms with van der Waals surface area (Å²) < 4.78 is 11.3. The topological polar surface area (TPSA) is 88.7 Å². The molecule has 2 amide bonds. The maximum Gasteiger partial charge on any atom is 0.305 e. The lowest BCUT2D eigenvalue weighted by Gasteiger charge is -2.43. The zero-order valence-electron chi connectivity index (χ0n) is 23.1. The van der Waals surface area contributed by atoms with Crippen molar-refractivity contribution in [2.75, 3.05) is 12.0 Å². The van der Waals surface area contributed by atoms with Gasteiger partial charge in [0.05, 0.1) is 29.7 Å². The van der Waals surface area contributed by atoms with Crippen LogP contribution in [-0.4, -0.2) is 29.2 Å². The number of thioether (sulfide) groups is 1. The van der Waals surface area contributed by atoms with Crippen LogP contribution in [0, 0.1) is 29.6 Å². The Balaban J connectivity index is 1.10. The summed E-state index contributed by atoms with van der Waals surface area (Å²) in [5.74, 6) is 0.788. The number of methoxy groups -OCH3 is 1. The molecule has 4 aromatic rings. The molecule has 3 fully saturated rings. The minimum Gasteiger partial charge on any atom is -0.497 e. The van der Waals surface area contributed by atoms with Crippen LogP contribution in [0.25, 0.3) is 0 Å². The number of carbonyl (C=O) groups is 2. The maximum absolute atomic E-state index is 14.0. The molecule has 3 aromatic carbocycles. The van der Waals surface area contributed by atoms with Crippen LogP contribution >= 0.6 is 34.7 Å². The van der Waals surface area contributed by atoms with E-state index in [1.807, 2.05) is 36.4 Å². The van der Waals surface area contributed by atoms with E-state index in [1.165, 1.54) is 16.2 Å². The normalized spacial score (nSPS) is 28.5. The fourth-order valence-electron chi connectivity index (χ4n) is 7.89. The van der Waals surface area contributed by atoms with Crippen molar-refractivity contribution in [2.45, 2.75) is 29.2 Å². The third-order valence-electron chi connectivity index (χ3n) is 9.61. The van der Waals surface area contributed by atoms with Crippen molar-refractivity contribution >= 4 is 52.2 Å². The molecular weight excluding hydrogens is 604 g/mol. The lowest BCUT2D eigenvalue weighted by atomic mass is 9.68. The molecule has 8 rings (SSSR count). The number of halogens is 1. The summed E-state index contributed by atoms with van der Waals surface area (Å²) in [5, 5.41) is 1.73. The largest absolute Gasteiger partial charge is 0.497 e. The first-order valence-electron chi connectivity index (χ1n) is 14.3. The summed E-state index contributed by atoms with van der Waals surface area (Å²) in [7, 11) is 1.59. The second-order valence-electron chi connectivity index (χ2n) is 11.7. The Morgan fingerprint density at radius 2 is 1.56 bits per heavy atom. The zero-order valence-corrected chi connectivity index (χ0v) is 25.5. The maximum atomic E-state index is 14.0. The molecule has 1 N–H and O–H groups in total. The molecule has 2 saturated carbocycles. The molecule has 218 valence electrons. The first kappa shape index (κ1) is 27.0. The fourth-order valence-corrected chi connectivity index (χ4v) is 10.9. The minimum atomic E-state index is -0.344. The van der Waals surface area contributed by atoms with Gasteiger partial charge in [-0.05, 0) is 83.8 Å². The molecule has 2 bridgehead atoms. The lowest BCUT2D eigenvalue weighted by Crippen LogP contribution is -2.42. The Hall–Kier alpha value is -3.53. The fraction of sp³-hybridized carbons (Fsp3) is 0.303. The van der Waals surface area contributed by atoms with Crippen LogP contribution in [0.2, 0.25) is 5.02 Å². The van der Waals surface area contributed by atoms with E-state index in [2.05, 4.69) is 17.1 Å². The number of aromatic amines is 1. The molecule has 2 aliphatic heterocycles. The highest BCUT2D eigenvalue weighted by atomic mass is 35.5. The van der Waals surface area contributed by atoms with Gasteiger partial charge in [-0.3, -0.25) is 19.3 Å². The number of carbonyl (C=O) groups excluding carboxylic acids is 2.